The maximum Gasteiger partial charge on any atom is 0.260 e. The lowest BCUT2D eigenvalue weighted by Gasteiger charge is -2.15. The number of benzene rings is 1. The molecule has 0 spiro atoms. The third kappa shape index (κ3) is 3.85. The van der Waals surface area contributed by atoms with Crippen LogP contribution in [0.2, 0.25) is 0 Å². The van der Waals surface area contributed by atoms with Gasteiger partial charge in [0.1, 0.15) is 11.5 Å². The lowest BCUT2D eigenvalue weighted by Crippen LogP contribution is -2.21. The highest BCUT2D eigenvalue weighted by Gasteiger charge is 2.22. The Morgan fingerprint density at radius 1 is 1.24 bits per heavy atom. The van der Waals surface area contributed by atoms with Crippen LogP contribution in [-0.2, 0) is 7.05 Å². The van der Waals surface area contributed by atoms with Crippen LogP contribution in [-0.4, -0.2) is 26.0 Å². The van der Waals surface area contributed by atoms with Gasteiger partial charge in [-0.25, -0.2) is 18.7 Å². The summed E-state index contributed by atoms with van der Waals surface area (Å²) in [7, 11) is 1.54. The molecule has 1 aromatic carbocycles. The van der Waals surface area contributed by atoms with Gasteiger partial charge in [0.2, 0.25) is 0 Å². The van der Waals surface area contributed by atoms with Crippen LogP contribution >= 0.6 is 23.7 Å². The summed E-state index contributed by atoms with van der Waals surface area (Å²) in [5, 5.41) is 1.48. The van der Waals surface area contributed by atoms with Crippen molar-refractivity contribution in [3.8, 4) is 11.1 Å². The number of halogens is 2. The molecule has 5 nitrogen and oxygen atoms in total. The fourth-order valence-electron chi connectivity index (χ4n) is 3.54. The summed E-state index contributed by atoms with van der Waals surface area (Å²) in [6, 6.07) is 4.01. The van der Waals surface area contributed by atoms with Crippen molar-refractivity contribution in [3.63, 3.8) is 0 Å². The lowest BCUT2D eigenvalue weighted by atomic mass is 10.0. The number of nitrogens with one attached hydrogen (secondary N) is 1. The van der Waals surface area contributed by atoms with E-state index in [9.17, 15) is 9.18 Å². The molecule has 4 rings (SSSR count). The quantitative estimate of drug-likeness (QED) is 0.347. The van der Waals surface area contributed by atoms with Gasteiger partial charge in [-0.2, -0.15) is 0 Å². The van der Waals surface area contributed by atoms with Crippen LogP contribution in [0.5, 0.6) is 0 Å². The highest BCUT2D eigenvalue weighted by Crippen LogP contribution is 2.34. The Labute approximate surface area is 175 Å². The minimum absolute atomic E-state index is 0.0509. The number of hydrogen-bond acceptors (Lipinski definition) is 6. The molecule has 1 saturated carbocycles. The average molecular weight is 435 g/mol. The number of hydrogen-bond donors (Lipinski definition) is 1. The van der Waals surface area contributed by atoms with Gasteiger partial charge in [0.25, 0.3) is 5.56 Å². The van der Waals surface area contributed by atoms with E-state index in [4.69, 9.17) is 0 Å². The Morgan fingerprint density at radius 2 is 2.00 bits per heavy atom. The maximum atomic E-state index is 15.2. The predicted octanol–water partition coefficient (Wildman–Crippen LogP) is 5.00. The van der Waals surface area contributed by atoms with Gasteiger partial charge >= 0.3 is 0 Å². The zero-order chi connectivity index (χ0) is 20.5. The molecule has 1 aliphatic rings. The number of pyridine rings is 1. The van der Waals surface area contributed by atoms with Gasteiger partial charge in [-0.3, -0.25) is 9.36 Å². The molecule has 9 heteroatoms. The summed E-state index contributed by atoms with van der Waals surface area (Å²) in [5.74, 6) is -1.55. The maximum absolute atomic E-state index is 15.2. The fourth-order valence-corrected chi connectivity index (χ4v) is 4.90. The van der Waals surface area contributed by atoms with E-state index in [-0.39, 0.29) is 16.8 Å². The minimum Gasteiger partial charge on any atom is -0.327 e. The molecule has 1 fully saturated rings. The van der Waals surface area contributed by atoms with Crippen LogP contribution in [0.1, 0.15) is 25.7 Å². The van der Waals surface area contributed by atoms with Gasteiger partial charge in [-0.15, -0.1) is 0 Å². The van der Waals surface area contributed by atoms with E-state index < -0.39 is 17.2 Å². The van der Waals surface area contributed by atoms with Crippen molar-refractivity contribution in [2.45, 2.75) is 36.1 Å². The first-order chi connectivity index (χ1) is 14.0. The van der Waals surface area contributed by atoms with E-state index in [1.54, 1.807) is 13.2 Å². The normalized spacial score (nSPS) is 14.6. The molecule has 2 heterocycles. The van der Waals surface area contributed by atoms with Crippen LogP contribution in [0.15, 0.2) is 34.3 Å². The molecular formula is C20H20F2N4OS2. The number of aryl methyl sites for hydroxylation is 1. The number of anilines is 1. The SMILES string of the molecule is CSc1ncc2cc(-c3c(F)ccc(NSC4CCCC4)c3F)c(=O)n(C)c2n1. The van der Waals surface area contributed by atoms with Gasteiger partial charge < -0.3 is 4.72 Å². The lowest BCUT2D eigenvalue weighted by molar-refractivity contribution is 0.592. The Kier molecular flexibility index (Phi) is 5.78. The number of aromatic nitrogens is 3. The first-order valence-corrected chi connectivity index (χ1v) is 11.4. The van der Waals surface area contributed by atoms with Crippen LogP contribution < -0.4 is 10.3 Å². The number of rotatable bonds is 5. The highest BCUT2D eigenvalue weighted by molar-refractivity contribution is 8.01. The van der Waals surface area contributed by atoms with E-state index in [1.807, 2.05) is 6.26 Å². The highest BCUT2D eigenvalue weighted by atomic mass is 32.2. The van der Waals surface area contributed by atoms with Gasteiger partial charge in [0.15, 0.2) is 11.0 Å². The van der Waals surface area contributed by atoms with Crippen LogP contribution in [0.3, 0.4) is 0 Å². The second kappa shape index (κ2) is 8.31. The standard InChI is InChI=1S/C20H20F2N4OS2/c1-26-18-11(10-23-20(24-18)28-2)9-13(19(26)27)16-14(21)7-8-15(17(16)22)25-29-12-5-3-4-6-12/h7-10,12,25H,3-6H2,1-2H3. The van der Waals surface area contributed by atoms with Crippen molar-refractivity contribution in [1.82, 2.24) is 14.5 Å². The molecule has 0 amide bonds. The van der Waals surface area contributed by atoms with Gasteiger partial charge in [0, 0.05) is 23.9 Å². The molecule has 0 saturated heterocycles. The Hall–Kier alpha value is -2.13. The molecule has 152 valence electrons. The smallest absolute Gasteiger partial charge is 0.260 e. The third-order valence-electron chi connectivity index (χ3n) is 5.11. The van der Waals surface area contributed by atoms with Crippen molar-refractivity contribution < 1.29 is 8.78 Å². The summed E-state index contributed by atoms with van der Waals surface area (Å²) in [6.45, 7) is 0. The van der Waals surface area contributed by atoms with Gasteiger partial charge in [-0.05, 0) is 49.2 Å². The van der Waals surface area contributed by atoms with Crippen LogP contribution in [0, 0.1) is 11.6 Å². The largest absolute Gasteiger partial charge is 0.327 e. The van der Waals surface area contributed by atoms with E-state index in [0.29, 0.717) is 21.4 Å². The van der Waals surface area contributed by atoms with Gasteiger partial charge in [-0.1, -0.05) is 24.6 Å². The number of thioether (sulfide) groups is 1. The fraction of sp³-hybridized carbons (Fsp3) is 0.350. The van der Waals surface area contributed by atoms with Crippen molar-refractivity contribution in [2.24, 2.45) is 7.05 Å². The second-order valence-electron chi connectivity index (χ2n) is 6.97. The summed E-state index contributed by atoms with van der Waals surface area (Å²) < 4.78 is 34.2. The molecule has 29 heavy (non-hydrogen) atoms. The molecule has 0 bridgehead atoms. The number of nitrogens with zero attached hydrogens (tertiary/aromatic N) is 3. The monoisotopic (exact) mass is 434 g/mol. The van der Waals surface area contributed by atoms with Crippen molar-refractivity contribution >= 4 is 40.4 Å². The Balaban J connectivity index is 1.79. The first-order valence-electron chi connectivity index (χ1n) is 9.30. The van der Waals surface area contributed by atoms with Crippen LogP contribution in [0.25, 0.3) is 22.2 Å². The summed E-state index contributed by atoms with van der Waals surface area (Å²) in [6.07, 6.45) is 7.90. The summed E-state index contributed by atoms with van der Waals surface area (Å²) in [4.78, 5) is 21.4. The van der Waals surface area contributed by atoms with E-state index in [1.165, 1.54) is 59.3 Å². The number of fused-ring (bicyclic) bond motifs is 1. The topological polar surface area (TPSA) is 59.8 Å². The molecule has 0 radical (unpaired) electrons. The molecule has 0 aliphatic heterocycles. The average Bonchev–Trinajstić information content (AvgIpc) is 3.24. The Morgan fingerprint density at radius 3 is 2.72 bits per heavy atom. The van der Waals surface area contributed by atoms with Gasteiger partial charge in [0.05, 0.1) is 16.8 Å². The molecule has 3 aromatic rings. The molecule has 1 aliphatic carbocycles. The summed E-state index contributed by atoms with van der Waals surface area (Å²) >= 11 is 2.81. The predicted molar refractivity (Wildman–Crippen MR) is 115 cm³/mol. The van der Waals surface area contributed by atoms with Crippen molar-refractivity contribution in [1.29, 1.82) is 0 Å². The van der Waals surface area contributed by atoms with Crippen LogP contribution in [0.4, 0.5) is 14.5 Å². The summed E-state index contributed by atoms with van der Waals surface area (Å²) in [5.41, 5.74) is -0.301. The van der Waals surface area contributed by atoms with E-state index in [0.717, 1.165) is 12.8 Å². The van der Waals surface area contributed by atoms with E-state index in [2.05, 4.69) is 14.7 Å². The first kappa shape index (κ1) is 20.2. The molecule has 0 atom stereocenters. The molecule has 1 N–H and O–H groups in total. The van der Waals surface area contributed by atoms with E-state index >= 15 is 4.39 Å². The zero-order valence-corrected chi connectivity index (χ0v) is 17.7. The third-order valence-corrected chi connectivity index (χ3v) is 6.81. The minimum atomic E-state index is -0.781. The zero-order valence-electron chi connectivity index (χ0n) is 16.0. The van der Waals surface area contributed by atoms with Crippen molar-refractivity contribution in [3.05, 3.63) is 46.4 Å². The Bertz CT molecular complexity index is 1130. The second-order valence-corrected chi connectivity index (χ2v) is 8.85. The molecule has 2 aromatic heterocycles. The molecular weight excluding hydrogens is 414 g/mol. The van der Waals surface area contributed by atoms with Crippen molar-refractivity contribution in [2.75, 3.05) is 11.0 Å². The molecule has 0 unspecified atom stereocenters.